The minimum absolute atomic E-state index is 0.0684. The summed E-state index contributed by atoms with van der Waals surface area (Å²) >= 11 is 5.01. The van der Waals surface area contributed by atoms with Crippen LogP contribution in [0.25, 0.3) is 0 Å². The zero-order chi connectivity index (χ0) is 19.2. The number of benzene rings is 2. The molecule has 3 nitrogen and oxygen atoms in total. The molecule has 26 heavy (non-hydrogen) atoms. The molecule has 2 atom stereocenters. The van der Waals surface area contributed by atoms with Crippen LogP contribution in [0.2, 0.25) is 0 Å². The van der Waals surface area contributed by atoms with E-state index >= 15 is 0 Å². The number of alkyl halides is 2. The highest BCUT2D eigenvalue weighted by atomic mass is 79.9. The summed E-state index contributed by atoms with van der Waals surface area (Å²) < 4.78 is 41.2. The van der Waals surface area contributed by atoms with Crippen molar-refractivity contribution >= 4 is 35.3 Å². The SMILES string of the molecule is CC(SCCCc1ccccc1)c1ccc(OP(=O)(O)C(F)F)c(Br)c1. The fraction of sp³-hybridized carbons (Fsp3) is 0.333. The third-order valence-electron chi connectivity index (χ3n) is 3.72. The van der Waals surface area contributed by atoms with Gasteiger partial charge in [0.25, 0.3) is 0 Å². The number of aryl methyl sites for hydroxylation is 1. The topological polar surface area (TPSA) is 46.5 Å². The molecule has 2 rings (SSSR count). The van der Waals surface area contributed by atoms with Gasteiger partial charge in [0, 0.05) is 5.25 Å². The van der Waals surface area contributed by atoms with Gasteiger partial charge in [-0.05, 0) is 64.7 Å². The molecule has 0 aromatic heterocycles. The summed E-state index contributed by atoms with van der Waals surface area (Å²) in [5.74, 6) is 0.921. The summed E-state index contributed by atoms with van der Waals surface area (Å²) in [5, 5.41) is 0.201. The lowest BCUT2D eigenvalue weighted by molar-refractivity contribution is 0.188. The first-order valence-corrected chi connectivity index (χ1v) is 11.5. The first-order chi connectivity index (χ1) is 12.3. The van der Waals surface area contributed by atoms with Gasteiger partial charge in [-0.25, -0.2) is 4.57 Å². The van der Waals surface area contributed by atoms with Crippen molar-refractivity contribution in [3.63, 3.8) is 0 Å². The van der Waals surface area contributed by atoms with Gasteiger partial charge in [-0.3, -0.25) is 0 Å². The third-order valence-corrected chi connectivity index (χ3v) is 6.59. The van der Waals surface area contributed by atoms with Crippen LogP contribution in [0.1, 0.15) is 29.7 Å². The lowest BCUT2D eigenvalue weighted by Gasteiger charge is -2.16. The van der Waals surface area contributed by atoms with Crippen molar-refractivity contribution < 1.29 is 22.8 Å². The molecule has 142 valence electrons. The Morgan fingerprint density at radius 2 is 1.92 bits per heavy atom. The van der Waals surface area contributed by atoms with Gasteiger partial charge < -0.3 is 9.42 Å². The van der Waals surface area contributed by atoms with Crippen molar-refractivity contribution in [2.75, 3.05) is 5.75 Å². The van der Waals surface area contributed by atoms with Crippen molar-refractivity contribution in [1.82, 2.24) is 0 Å². The van der Waals surface area contributed by atoms with E-state index in [9.17, 15) is 13.3 Å². The van der Waals surface area contributed by atoms with Crippen LogP contribution >= 0.6 is 35.3 Å². The Balaban J connectivity index is 1.88. The Bertz CT molecular complexity index is 761. The van der Waals surface area contributed by atoms with Gasteiger partial charge in [-0.15, -0.1) is 0 Å². The second kappa shape index (κ2) is 9.88. The van der Waals surface area contributed by atoms with E-state index in [-0.39, 0.29) is 11.0 Å². The van der Waals surface area contributed by atoms with E-state index < -0.39 is 13.8 Å². The molecule has 0 saturated heterocycles. The maximum absolute atomic E-state index is 12.5. The lowest BCUT2D eigenvalue weighted by Crippen LogP contribution is -2.02. The normalized spacial score (nSPS) is 14.8. The van der Waals surface area contributed by atoms with E-state index in [2.05, 4.69) is 39.5 Å². The summed E-state index contributed by atoms with van der Waals surface area (Å²) in [4.78, 5) is 9.14. The van der Waals surface area contributed by atoms with E-state index in [0.717, 1.165) is 24.2 Å². The molecule has 0 spiro atoms. The van der Waals surface area contributed by atoms with Crippen molar-refractivity contribution in [3.05, 3.63) is 64.1 Å². The predicted molar refractivity (Wildman–Crippen MR) is 106 cm³/mol. The molecule has 0 aliphatic carbocycles. The van der Waals surface area contributed by atoms with Crippen molar-refractivity contribution in [2.45, 2.75) is 31.2 Å². The van der Waals surface area contributed by atoms with Crippen LogP contribution in [0.3, 0.4) is 0 Å². The van der Waals surface area contributed by atoms with Gasteiger partial charge in [-0.2, -0.15) is 20.5 Å². The highest BCUT2D eigenvalue weighted by Crippen LogP contribution is 2.50. The molecular weight excluding hydrogens is 445 g/mol. The van der Waals surface area contributed by atoms with E-state index in [4.69, 9.17) is 4.89 Å². The third kappa shape index (κ3) is 6.38. The number of halogens is 3. The molecule has 8 heteroatoms. The zero-order valence-corrected chi connectivity index (χ0v) is 17.4. The van der Waals surface area contributed by atoms with E-state index in [1.807, 2.05) is 18.2 Å². The molecule has 2 aromatic carbocycles. The maximum Gasteiger partial charge on any atom is 0.442 e. The molecular formula is C18H20BrF2O3PS. The Hall–Kier alpha value is -0.880. The van der Waals surface area contributed by atoms with Gasteiger partial charge in [-0.1, -0.05) is 36.4 Å². The molecule has 0 aliphatic rings. The van der Waals surface area contributed by atoms with Crippen LogP contribution in [0.4, 0.5) is 8.78 Å². The standard InChI is InChI=1S/C18H20BrF2O3PS/c1-13(26-11-5-8-14-6-3-2-4-7-14)15-9-10-17(16(19)12-15)24-25(22,23)18(20)21/h2-4,6-7,9-10,12-13,18H,5,8,11H2,1H3,(H,22,23). The lowest BCUT2D eigenvalue weighted by atomic mass is 10.1. The summed E-state index contributed by atoms with van der Waals surface area (Å²) in [5.41, 5.74) is 2.30. The van der Waals surface area contributed by atoms with Crippen LogP contribution < -0.4 is 4.52 Å². The summed E-state index contributed by atoms with van der Waals surface area (Å²) in [6.45, 7) is 2.06. The van der Waals surface area contributed by atoms with Crippen LogP contribution in [-0.2, 0) is 11.0 Å². The van der Waals surface area contributed by atoms with Crippen molar-refractivity contribution in [2.24, 2.45) is 0 Å². The molecule has 0 saturated carbocycles. The van der Waals surface area contributed by atoms with Crippen LogP contribution in [0.5, 0.6) is 5.75 Å². The van der Waals surface area contributed by atoms with Crippen molar-refractivity contribution in [3.8, 4) is 5.75 Å². The predicted octanol–water partition coefficient (Wildman–Crippen LogP) is 6.66. The monoisotopic (exact) mass is 464 g/mol. The van der Waals surface area contributed by atoms with Crippen LogP contribution in [-0.4, -0.2) is 16.8 Å². The second-order valence-electron chi connectivity index (χ2n) is 5.73. The average Bonchev–Trinajstić information content (AvgIpc) is 2.61. The Morgan fingerprint density at radius 3 is 2.54 bits per heavy atom. The molecule has 0 aliphatic heterocycles. The Morgan fingerprint density at radius 1 is 1.23 bits per heavy atom. The molecule has 0 amide bonds. The quantitative estimate of drug-likeness (QED) is 0.332. The summed E-state index contributed by atoms with van der Waals surface area (Å²) in [6, 6.07) is 15.2. The number of thioether (sulfide) groups is 1. The van der Waals surface area contributed by atoms with Gasteiger partial charge in [0.2, 0.25) is 0 Å². The molecule has 0 fully saturated rings. The number of hydrogen-bond acceptors (Lipinski definition) is 3. The molecule has 1 N–H and O–H groups in total. The van der Waals surface area contributed by atoms with E-state index in [1.165, 1.54) is 11.6 Å². The molecule has 0 heterocycles. The van der Waals surface area contributed by atoms with Gasteiger partial charge in [0.15, 0.2) is 0 Å². The van der Waals surface area contributed by atoms with Gasteiger partial charge in [0.1, 0.15) is 5.75 Å². The average molecular weight is 465 g/mol. The first-order valence-electron chi connectivity index (χ1n) is 8.05. The Labute approximate surface area is 164 Å². The number of rotatable bonds is 9. The second-order valence-corrected chi connectivity index (χ2v) is 9.73. The van der Waals surface area contributed by atoms with Crippen LogP contribution in [0, 0.1) is 0 Å². The summed E-state index contributed by atoms with van der Waals surface area (Å²) in [7, 11) is -4.97. The highest BCUT2D eigenvalue weighted by molar-refractivity contribution is 9.10. The van der Waals surface area contributed by atoms with E-state index in [1.54, 1.807) is 23.9 Å². The van der Waals surface area contributed by atoms with Gasteiger partial charge in [0.05, 0.1) is 4.47 Å². The Kier molecular flexibility index (Phi) is 8.14. The molecule has 0 bridgehead atoms. The smallest absolute Gasteiger partial charge is 0.420 e. The number of hydrogen-bond donors (Lipinski definition) is 1. The fourth-order valence-corrected chi connectivity index (χ4v) is 4.43. The summed E-state index contributed by atoms with van der Waals surface area (Å²) in [6.07, 6.45) is -1.35. The van der Waals surface area contributed by atoms with Crippen LogP contribution in [0.15, 0.2) is 53.0 Å². The van der Waals surface area contributed by atoms with E-state index in [0.29, 0.717) is 4.47 Å². The molecule has 2 aromatic rings. The minimum atomic E-state index is -4.97. The fourth-order valence-electron chi connectivity index (χ4n) is 2.30. The molecule has 0 radical (unpaired) electrons. The van der Waals surface area contributed by atoms with Crippen molar-refractivity contribution in [1.29, 1.82) is 0 Å². The zero-order valence-electron chi connectivity index (χ0n) is 14.1. The first kappa shape index (κ1) is 21.4. The molecule has 2 unspecified atom stereocenters. The maximum atomic E-state index is 12.5. The highest BCUT2D eigenvalue weighted by Gasteiger charge is 2.34. The minimum Gasteiger partial charge on any atom is -0.420 e. The largest absolute Gasteiger partial charge is 0.442 e. The van der Waals surface area contributed by atoms with Gasteiger partial charge >= 0.3 is 13.8 Å².